The van der Waals surface area contributed by atoms with Crippen molar-refractivity contribution in [2.75, 3.05) is 13.6 Å². The van der Waals surface area contributed by atoms with Crippen molar-refractivity contribution in [2.45, 2.75) is 0 Å². The molecule has 0 bridgehead atoms. The lowest BCUT2D eigenvalue weighted by molar-refractivity contribution is -0.135. The Kier molecular flexibility index (Phi) is 1.60. The van der Waals surface area contributed by atoms with Gasteiger partial charge in [0.05, 0.1) is 6.54 Å². The Hall–Kier alpha value is -0.570. The van der Waals surface area contributed by atoms with Gasteiger partial charge in [0.2, 0.25) is 0 Å². The maximum absolute atomic E-state index is 9.61. The van der Waals surface area contributed by atoms with Crippen molar-refractivity contribution < 1.29 is 11.3 Å². The van der Waals surface area contributed by atoms with Crippen LogP contribution in [-0.2, 0) is 4.79 Å². The predicted molar refractivity (Wildman–Crippen MR) is 21.6 cm³/mol. The molecule has 0 radical (unpaired) electrons. The smallest absolute Gasteiger partial charge is 0.317 e. The van der Waals surface area contributed by atoms with Crippen LogP contribution < -0.4 is 5.32 Å². The number of carboxylic acids is 1. The highest BCUT2D eigenvalue weighted by Crippen LogP contribution is 1.50. The van der Waals surface area contributed by atoms with Gasteiger partial charge in [0.1, 0.15) is 0 Å². The number of carbonyl (C=O) groups is 1. The fraction of sp³-hybridized carbons (Fsp3) is 0.667. The zero-order valence-corrected chi connectivity index (χ0v) is 3.27. The molecule has 0 heterocycles. The third-order valence-corrected chi connectivity index (χ3v) is 0.276. The largest absolute Gasteiger partial charge is 0.480 e. The monoisotopic (exact) mass is 90.1 g/mol. The second-order valence-corrected chi connectivity index (χ2v) is 0.821. The lowest BCUT2D eigenvalue weighted by Crippen LogP contribution is -2.16. The van der Waals surface area contributed by atoms with E-state index in [0.717, 1.165) is 0 Å². The summed E-state index contributed by atoms with van der Waals surface area (Å²) in [5.41, 5.74) is 0. The molecular formula is C3H7NO2. The summed E-state index contributed by atoms with van der Waals surface area (Å²) in [6.45, 7) is -0.122. The fourth-order valence-electron chi connectivity index (χ4n) is 0.107. The number of carboxylic acid groups (broad SMARTS) is 1. The summed E-state index contributed by atoms with van der Waals surface area (Å²) in [5.74, 6) is -0.924. The van der Waals surface area contributed by atoms with Crippen LogP contribution in [0.4, 0.5) is 0 Å². The van der Waals surface area contributed by atoms with E-state index in [0.29, 0.717) is 0 Å². The summed E-state index contributed by atoms with van der Waals surface area (Å²) in [5, 5.41) is 10.2. The van der Waals surface area contributed by atoms with Gasteiger partial charge in [-0.2, -0.15) is 0 Å². The number of aliphatic carboxylic acids is 1. The van der Waals surface area contributed by atoms with Gasteiger partial charge in [0.25, 0.3) is 0 Å². The summed E-state index contributed by atoms with van der Waals surface area (Å²) in [6.07, 6.45) is 0. The Morgan fingerprint density at radius 1 is 2.33 bits per heavy atom. The quantitative estimate of drug-likeness (QED) is 0.471. The molecule has 0 amide bonds. The first-order valence-electron chi connectivity index (χ1n) is 2.20. The average molecular weight is 90.1 g/mol. The van der Waals surface area contributed by atoms with E-state index in [2.05, 4.69) is 5.32 Å². The van der Waals surface area contributed by atoms with Gasteiger partial charge >= 0.3 is 5.97 Å². The van der Waals surface area contributed by atoms with Crippen molar-refractivity contribution in [2.24, 2.45) is 0 Å². The van der Waals surface area contributed by atoms with E-state index in [9.17, 15) is 4.79 Å². The minimum atomic E-state index is -0.924. The van der Waals surface area contributed by atoms with Gasteiger partial charge in [-0.3, -0.25) is 4.79 Å². The molecule has 3 heteroatoms. The molecule has 36 valence electrons. The van der Waals surface area contributed by atoms with Crippen molar-refractivity contribution in [1.29, 1.82) is 0 Å². The number of rotatable bonds is 2. The van der Waals surface area contributed by atoms with E-state index in [1.165, 1.54) is 0 Å². The maximum Gasteiger partial charge on any atom is 0.317 e. The summed E-state index contributed by atoms with van der Waals surface area (Å²) in [6, 6.07) is 0. The Bertz CT molecular complexity index is 66.0. The fourth-order valence-corrected chi connectivity index (χ4v) is 0.107. The van der Waals surface area contributed by atoms with Crippen molar-refractivity contribution in [3.05, 3.63) is 0 Å². The third-order valence-electron chi connectivity index (χ3n) is 0.276. The molecule has 3 nitrogen and oxygen atoms in total. The lowest BCUT2D eigenvalue weighted by atomic mass is 10.7. The highest BCUT2D eigenvalue weighted by atomic mass is 16.4. The predicted octanol–water partition coefficient (Wildman–Crippen LogP) is -0.710. The Morgan fingerprint density at radius 3 is 3.17 bits per heavy atom. The SMILES string of the molecule is [2H]CNCC(=O)O. The second kappa shape index (κ2) is 2.66. The summed E-state index contributed by atoms with van der Waals surface area (Å²) in [4.78, 5) is 9.61. The standard InChI is InChI=1S/C3H7NO2/c1-4-2-3(5)6/h4H,2H2,1H3,(H,5,6)/i1D. The topological polar surface area (TPSA) is 49.3 Å². The average Bonchev–Trinajstić information content (AvgIpc) is 1.61. The molecule has 0 saturated carbocycles. The highest BCUT2D eigenvalue weighted by Gasteiger charge is 1.86. The van der Waals surface area contributed by atoms with E-state index >= 15 is 0 Å². The van der Waals surface area contributed by atoms with Crippen LogP contribution in [0.15, 0.2) is 0 Å². The van der Waals surface area contributed by atoms with Crippen molar-refractivity contribution in [1.82, 2.24) is 5.32 Å². The Morgan fingerprint density at radius 2 is 3.00 bits per heavy atom. The number of hydrogen-bond donors (Lipinski definition) is 2. The van der Waals surface area contributed by atoms with Crippen LogP contribution in [0, 0.1) is 0 Å². The van der Waals surface area contributed by atoms with Crippen LogP contribution in [0.2, 0.25) is 0 Å². The number of likely N-dealkylation sites (N-methyl/N-ethyl adjacent to an activating group) is 1. The molecular weight excluding hydrogens is 82.0 g/mol. The first-order valence-corrected chi connectivity index (χ1v) is 1.49. The van der Waals surface area contributed by atoms with Gasteiger partial charge in [-0.1, -0.05) is 0 Å². The zero-order chi connectivity index (χ0) is 5.70. The molecule has 0 aliphatic heterocycles. The molecule has 6 heavy (non-hydrogen) atoms. The lowest BCUT2D eigenvalue weighted by Gasteiger charge is -1.84. The van der Waals surface area contributed by atoms with Gasteiger partial charge in [0.15, 0.2) is 0 Å². The van der Waals surface area contributed by atoms with E-state index in [1.54, 1.807) is 0 Å². The molecule has 0 aliphatic rings. The first kappa shape index (κ1) is 3.61. The van der Waals surface area contributed by atoms with Crippen LogP contribution in [0.1, 0.15) is 1.37 Å². The Balaban J connectivity index is 2.82. The molecule has 0 atom stereocenters. The molecule has 0 fully saturated rings. The van der Waals surface area contributed by atoms with Gasteiger partial charge in [-0.15, -0.1) is 0 Å². The molecule has 0 aromatic rings. The van der Waals surface area contributed by atoms with Crippen molar-refractivity contribution in [3.63, 3.8) is 0 Å². The molecule has 0 aliphatic carbocycles. The third kappa shape index (κ3) is 3.43. The van der Waals surface area contributed by atoms with Crippen molar-refractivity contribution >= 4 is 5.97 Å². The van der Waals surface area contributed by atoms with Gasteiger partial charge in [0, 0.05) is 1.37 Å². The van der Waals surface area contributed by atoms with Crippen LogP contribution >= 0.6 is 0 Å². The maximum atomic E-state index is 9.61. The normalized spacial score (nSPS) is 10.3. The van der Waals surface area contributed by atoms with E-state index in [4.69, 9.17) is 6.48 Å². The van der Waals surface area contributed by atoms with Gasteiger partial charge in [-0.05, 0) is 7.02 Å². The first-order chi connectivity index (χ1) is 3.27. The van der Waals surface area contributed by atoms with Gasteiger partial charge < -0.3 is 10.4 Å². The molecule has 0 saturated heterocycles. The highest BCUT2D eigenvalue weighted by molar-refractivity contribution is 5.68. The van der Waals surface area contributed by atoms with Crippen LogP contribution in [0.3, 0.4) is 0 Å². The second-order valence-electron chi connectivity index (χ2n) is 0.821. The zero-order valence-electron chi connectivity index (χ0n) is 4.27. The van der Waals surface area contributed by atoms with Crippen LogP contribution in [-0.4, -0.2) is 24.6 Å². The molecule has 2 N–H and O–H groups in total. The summed E-state index contributed by atoms with van der Waals surface area (Å²) in [7, 11) is -0.0354. The molecule has 0 unspecified atom stereocenters. The van der Waals surface area contributed by atoms with Crippen LogP contribution in [0.25, 0.3) is 0 Å². The summed E-state index contributed by atoms with van der Waals surface area (Å²) >= 11 is 0. The molecule has 0 spiro atoms. The van der Waals surface area contributed by atoms with E-state index in [1.807, 2.05) is 0 Å². The molecule has 0 aromatic heterocycles. The summed E-state index contributed by atoms with van der Waals surface area (Å²) < 4.78 is 6.42. The number of hydrogen-bond acceptors (Lipinski definition) is 2. The minimum Gasteiger partial charge on any atom is -0.480 e. The van der Waals surface area contributed by atoms with Crippen LogP contribution in [0.5, 0.6) is 0 Å². The van der Waals surface area contributed by atoms with Crippen molar-refractivity contribution in [3.8, 4) is 0 Å². The van der Waals surface area contributed by atoms with Gasteiger partial charge in [-0.25, -0.2) is 0 Å². The Labute approximate surface area is 37.4 Å². The molecule has 0 aromatic carbocycles. The number of nitrogens with one attached hydrogen (secondary N) is 1. The molecule has 0 rings (SSSR count). The minimum absolute atomic E-state index is 0.0354. The van der Waals surface area contributed by atoms with E-state index in [-0.39, 0.29) is 13.6 Å². The van der Waals surface area contributed by atoms with E-state index < -0.39 is 5.97 Å².